The standard InChI is InChI=1S/C14H26N4OS/c1-6-16-14-18-12(15)11(20-14)13(19)17-7-10(8(2)3)9(4)5/h8-10H,6-7,15H2,1-5H3,(H,16,18)(H,17,19). The molecule has 0 bridgehead atoms. The summed E-state index contributed by atoms with van der Waals surface area (Å²) in [5.41, 5.74) is 5.80. The highest BCUT2D eigenvalue weighted by Crippen LogP contribution is 2.25. The molecular weight excluding hydrogens is 272 g/mol. The number of nitrogens with zero attached hydrogens (tertiary/aromatic N) is 1. The van der Waals surface area contributed by atoms with Gasteiger partial charge in [0.1, 0.15) is 10.7 Å². The van der Waals surface area contributed by atoms with E-state index in [-0.39, 0.29) is 5.91 Å². The Morgan fingerprint density at radius 2 is 1.90 bits per heavy atom. The normalized spacial score (nSPS) is 11.4. The fourth-order valence-electron chi connectivity index (χ4n) is 2.25. The fraction of sp³-hybridized carbons (Fsp3) is 0.714. The number of hydrogen-bond acceptors (Lipinski definition) is 5. The van der Waals surface area contributed by atoms with Gasteiger partial charge >= 0.3 is 0 Å². The van der Waals surface area contributed by atoms with Crippen molar-refractivity contribution < 1.29 is 4.79 Å². The van der Waals surface area contributed by atoms with E-state index in [1.807, 2.05) is 6.92 Å². The third kappa shape index (κ3) is 4.37. The number of amides is 1. The smallest absolute Gasteiger partial charge is 0.265 e. The first-order valence-electron chi connectivity index (χ1n) is 7.15. The Morgan fingerprint density at radius 1 is 1.30 bits per heavy atom. The first-order chi connectivity index (χ1) is 9.36. The highest BCUT2D eigenvalue weighted by atomic mass is 32.1. The molecule has 6 heteroatoms. The quantitative estimate of drug-likeness (QED) is 0.723. The average molecular weight is 298 g/mol. The van der Waals surface area contributed by atoms with Gasteiger partial charge in [-0.25, -0.2) is 4.98 Å². The van der Waals surface area contributed by atoms with Crippen LogP contribution < -0.4 is 16.4 Å². The van der Waals surface area contributed by atoms with Crippen LogP contribution in [-0.2, 0) is 0 Å². The van der Waals surface area contributed by atoms with Gasteiger partial charge in [0.05, 0.1) is 0 Å². The zero-order valence-corrected chi connectivity index (χ0v) is 13.8. The largest absolute Gasteiger partial charge is 0.382 e. The molecule has 0 saturated heterocycles. The van der Waals surface area contributed by atoms with E-state index in [4.69, 9.17) is 5.73 Å². The summed E-state index contributed by atoms with van der Waals surface area (Å²) in [6, 6.07) is 0. The van der Waals surface area contributed by atoms with Gasteiger partial charge in [-0.15, -0.1) is 0 Å². The van der Waals surface area contributed by atoms with Crippen LogP contribution in [-0.4, -0.2) is 24.0 Å². The molecular formula is C14H26N4OS. The Labute approximate surface area is 125 Å². The molecule has 1 aromatic heterocycles. The number of nitrogens with two attached hydrogens (primary N) is 1. The molecule has 5 nitrogen and oxygen atoms in total. The highest BCUT2D eigenvalue weighted by Gasteiger charge is 2.21. The van der Waals surface area contributed by atoms with Gasteiger partial charge in [-0.3, -0.25) is 4.79 Å². The van der Waals surface area contributed by atoms with Gasteiger partial charge in [0, 0.05) is 13.1 Å². The van der Waals surface area contributed by atoms with Crippen LogP contribution in [0, 0.1) is 17.8 Å². The molecule has 0 spiro atoms. The van der Waals surface area contributed by atoms with Crippen LogP contribution in [0.5, 0.6) is 0 Å². The number of anilines is 2. The molecule has 0 atom stereocenters. The minimum atomic E-state index is -0.129. The van der Waals surface area contributed by atoms with Crippen molar-refractivity contribution in [1.29, 1.82) is 0 Å². The molecule has 1 aromatic rings. The van der Waals surface area contributed by atoms with Crippen LogP contribution >= 0.6 is 11.3 Å². The lowest BCUT2D eigenvalue weighted by atomic mass is 9.85. The van der Waals surface area contributed by atoms with Crippen LogP contribution in [0.3, 0.4) is 0 Å². The first kappa shape index (κ1) is 16.8. The Kier molecular flexibility index (Phi) is 6.26. The molecule has 1 heterocycles. The number of nitrogen functional groups attached to an aromatic ring is 1. The fourth-order valence-corrected chi connectivity index (χ4v) is 3.12. The molecule has 4 N–H and O–H groups in total. The van der Waals surface area contributed by atoms with E-state index in [1.165, 1.54) is 11.3 Å². The molecule has 0 aliphatic rings. The second-order valence-electron chi connectivity index (χ2n) is 5.63. The summed E-state index contributed by atoms with van der Waals surface area (Å²) in [5, 5.41) is 6.75. The molecule has 1 amide bonds. The number of thiazole rings is 1. The third-order valence-electron chi connectivity index (χ3n) is 3.40. The Balaban J connectivity index is 2.66. The van der Waals surface area contributed by atoms with Crippen molar-refractivity contribution in [3.05, 3.63) is 4.88 Å². The minimum absolute atomic E-state index is 0.129. The molecule has 0 aliphatic heterocycles. The van der Waals surface area contributed by atoms with Crippen molar-refractivity contribution in [3.63, 3.8) is 0 Å². The van der Waals surface area contributed by atoms with Crippen LogP contribution in [0.4, 0.5) is 10.9 Å². The molecule has 114 valence electrons. The predicted octanol–water partition coefficient (Wildman–Crippen LogP) is 2.82. The average Bonchev–Trinajstić information content (AvgIpc) is 2.70. The van der Waals surface area contributed by atoms with E-state index in [9.17, 15) is 4.79 Å². The van der Waals surface area contributed by atoms with E-state index in [0.29, 0.717) is 40.1 Å². The van der Waals surface area contributed by atoms with Gasteiger partial charge in [0.2, 0.25) is 0 Å². The van der Waals surface area contributed by atoms with Gasteiger partial charge < -0.3 is 16.4 Å². The van der Waals surface area contributed by atoms with Crippen molar-refractivity contribution in [2.75, 3.05) is 24.1 Å². The SMILES string of the molecule is CCNc1nc(N)c(C(=O)NCC(C(C)C)C(C)C)s1. The number of aromatic nitrogens is 1. The highest BCUT2D eigenvalue weighted by molar-refractivity contribution is 7.18. The van der Waals surface area contributed by atoms with E-state index in [0.717, 1.165) is 6.54 Å². The number of carbonyl (C=O) groups excluding carboxylic acids is 1. The Hall–Kier alpha value is -1.30. The molecule has 0 fully saturated rings. The van der Waals surface area contributed by atoms with Crippen molar-refractivity contribution in [3.8, 4) is 0 Å². The van der Waals surface area contributed by atoms with Crippen LogP contribution in [0.1, 0.15) is 44.3 Å². The predicted molar refractivity (Wildman–Crippen MR) is 86.2 cm³/mol. The summed E-state index contributed by atoms with van der Waals surface area (Å²) in [6.07, 6.45) is 0. The van der Waals surface area contributed by atoms with E-state index in [1.54, 1.807) is 0 Å². The van der Waals surface area contributed by atoms with Gasteiger partial charge in [0.15, 0.2) is 5.13 Å². The Morgan fingerprint density at radius 3 is 2.40 bits per heavy atom. The van der Waals surface area contributed by atoms with Crippen LogP contribution in [0.15, 0.2) is 0 Å². The molecule has 0 aliphatic carbocycles. The monoisotopic (exact) mass is 298 g/mol. The second-order valence-corrected chi connectivity index (χ2v) is 6.62. The number of rotatable bonds is 7. The summed E-state index contributed by atoms with van der Waals surface area (Å²) in [7, 11) is 0. The molecule has 1 rings (SSSR count). The van der Waals surface area contributed by atoms with Crippen LogP contribution in [0.2, 0.25) is 0 Å². The summed E-state index contributed by atoms with van der Waals surface area (Å²) < 4.78 is 0. The summed E-state index contributed by atoms with van der Waals surface area (Å²) >= 11 is 1.30. The lowest BCUT2D eigenvalue weighted by Crippen LogP contribution is -2.33. The van der Waals surface area contributed by atoms with Crippen molar-refractivity contribution in [1.82, 2.24) is 10.3 Å². The van der Waals surface area contributed by atoms with E-state index >= 15 is 0 Å². The molecule has 0 radical (unpaired) electrons. The summed E-state index contributed by atoms with van der Waals surface area (Å²) in [6.45, 7) is 12.1. The molecule has 20 heavy (non-hydrogen) atoms. The topological polar surface area (TPSA) is 80.0 Å². The van der Waals surface area contributed by atoms with Gasteiger partial charge in [-0.05, 0) is 24.7 Å². The van der Waals surface area contributed by atoms with Crippen LogP contribution in [0.25, 0.3) is 0 Å². The van der Waals surface area contributed by atoms with Gasteiger partial charge in [0.25, 0.3) is 5.91 Å². The summed E-state index contributed by atoms with van der Waals surface area (Å²) in [4.78, 5) is 16.8. The number of carbonyl (C=O) groups is 1. The molecule has 0 saturated carbocycles. The van der Waals surface area contributed by atoms with Crippen molar-refractivity contribution in [2.24, 2.45) is 17.8 Å². The lowest BCUT2D eigenvalue weighted by Gasteiger charge is -2.24. The number of hydrogen-bond donors (Lipinski definition) is 3. The first-order valence-corrected chi connectivity index (χ1v) is 7.96. The zero-order valence-electron chi connectivity index (χ0n) is 13.0. The van der Waals surface area contributed by atoms with Gasteiger partial charge in [-0.1, -0.05) is 39.0 Å². The summed E-state index contributed by atoms with van der Waals surface area (Å²) in [5.74, 6) is 1.70. The van der Waals surface area contributed by atoms with Crippen molar-refractivity contribution >= 4 is 28.2 Å². The number of nitrogens with one attached hydrogen (secondary N) is 2. The molecule has 0 aromatic carbocycles. The van der Waals surface area contributed by atoms with Crippen molar-refractivity contribution in [2.45, 2.75) is 34.6 Å². The van der Waals surface area contributed by atoms with Gasteiger partial charge in [-0.2, -0.15) is 0 Å². The lowest BCUT2D eigenvalue weighted by molar-refractivity contribution is 0.0942. The maximum atomic E-state index is 12.2. The van der Waals surface area contributed by atoms with E-state index in [2.05, 4.69) is 43.3 Å². The zero-order chi connectivity index (χ0) is 15.3. The molecule has 0 unspecified atom stereocenters. The second kappa shape index (κ2) is 7.47. The third-order valence-corrected chi connectivity index (χ3v) is 4.43. The maximum Gasteiger partial charge on any atom is 0.265 e. The van der Waals surface area contributed by atoms with E-state index < -0.39 is 0 Å². The minimum Gasteiger partial charge on any atom is -0.382 e. The Bertz CT molecular complexity index is 434. The maximum absolute atomic E-state index is 12.2.